The van der Waals surface area contributed by atoms with Crippen LogP contribution < -0.4 is 10.4 Å². The summed E-state index contributed by atoms with van der Waals surface area (Å²) in [6.45, 7) is 0. The van der Waals surface area contributed by atoms with Crippen LogP contribution in [0.25, 0.3) is 0 Å². The van der Waals surface area contributed by atoms with Crippen molar-refractivity contribution in [3.05, 3.63) is 64.7 Å². The number of hydrogen-bond donors (Lipinski definition) is 1. The van der Waals surface area contributed by atoms with E-state index in [0.29, 0.717) is 5.56 Å². The molecule has 0 bridgehead atoms. The third-order valence-electron chi connectivity index (χ3n) is 2.50. The molecule has 0 fully saturated rings. The SMILES string of the molecule is O=C(Nc1cccc(Cl)c1C(=O)[O-])c1ccccc1. The van der Waals surface area contributed by atoms with Gasteiger partial charge in [0.2, 0.25) is 0 Å². The lowest BCUT2D eigenvalue weighted by Gasteiger charge is -2.13. The van der Waals surface area contributed by atoms with Gasteiger partial charge in [-0.3, -0.25) is 4.79 Å². The molecule has 0 aromatic heterocycles. The number of amides is 1. The van der Waals surface area contributed by atoms with E-state index in [1.807, 2.05) is 0 Å². The molecular formula is C14H9ClNO3-. The van der Waals surface area contributed by atoms with Crippen molar-refractivity contribution in [2.45, 2.75) is 0 Å². The van der Waals surface area contributed by atoms with Crippen molar-refractivity contribution in [3.8, 4) is 0 Å². The molecule has 0 aliphatic rings. The largest absolute Gasteiger partial charge is 0.545 e. The Kier molecular flexibility index (Phi) is 3.82. The Labute approximate surface area is 114 Å². The Morgan fingerprint density at radius 1 is 1.00 bits per heavy atom. The van der Waals surface area contributed by atoms with Gasteiger partial charge in [-0.15, -0.1) is 0 Å². The minimum Gasteiger partial charge on any atom is -0.545 e. The molecule has 0 atom stereocenters. The second-order valence-corrected chi connectivity index (χ2v) is 4.18. The average molecular weight is 275 g/mol. The maximum absolute atomic E-state index is 11.9. The zero-order valence-electron chi connectivity index (χ0n) is 9.72. The predicted octanol–water partition coefficient (Wildman–Crippen LogP) is 1.96. The second-order valence-electron chi connectivity index (χ2n) is 3.77. The number of carboxylic acids is 1. The first kappa shape index (κ1) is 13.1. The summed E-state index contributed by atoms with van der Waals surface area (Å²) in [5, 5.41) is 13.5. The fourth-order valence-corrected chi connectivity index (χ4v) is 1.87. The molecule has 96 valence electrons. The molecule has 2 aromatic rings. The van der Waals surface area contributed by atoms with Gasteiger partial charge in [0.15, 0.2) is 0 Å². The van der Waals surface area contributed by atoms with Crippen LogP contribution in [0.5, 0.6) is 0 Å². The smallest absolute Gasteiger partial charge is 0.255 e. The van der Waals surface area contributed by atoms with E-state index >= 15 is 0 Å². The van der Waals surface area contributed by atoms with Crippen LogP contribution in [0.1, 0.15) is 20.7 Å². The van der Waals surface area contributed by atoms with Crippen molar-refractivity contribution < 1.29 is 14.7 Å². The lowest BCUT2D eigenvalue weighted by atomic mass is 10.1. The number of aromatic carboxylic acids is 1. The number of hydrogen-bond acceptors (Lipinski definition) is 3. The maximum atomic E-state index is 11.9. The van der Waals surface area contributed by atoms with Gasteiger partial charge in [-0.25, -0.2) is 0 Å². The molecule has 0 spiro atoms. The molecule has 1 amide bonds. The Balaban J connectivity index is 2.32. The summed E-state index contributed by atoms with van der Waals surface area (Å²) >= 11 is 5.78. The van der Waals surface area contributed by atoms with Crippen LogP contribution in [0.2, 0.25) is 5.02 Å². The first-order valence-corrected chi connectivity index (χ1v) is 5.83. The van der Waals surface area contributed by atoms with Gasteiger partial charge in [0.05, 0.1) is 16.7 Å². The zero-order chi connectivity index (χ0) is 13.8. The van der Waals surface area contributed by atoms with Crippen LogP contribution in [0.4, 0.5) is 5.69 Å². The van der Waals surface area contributed by atoms with Gasteiger partial charge in [-0.05, 0) is 24.3 Å². The van der Waals surface area contributed by atoms with Crippen LogP contribution in [-0.4, -0.2) is 11.9 Å². The van der Waals surface area contributed by atoms with Crippen molar-refractivity contribution in [2.24, 2.45) is 0 Å². The first-order valence-electron chi connectivity index (χ1n) is 5.46. The Bertz CT molecular complexity index is 626. The normalized spacial score (nSPS) is 9.95. The number of carboxylic acid groups (broad SMARTS) is 1. The number of carbonyl (C=O) groups is 2. The number of nitrogens with one attached hydrogen (secondary N) is 1. The summed E-state index contributed by atoms with van der Waals surface area (Å²) in [5.41, 5.74) is 0.307. The molecular weight excluding hydrogens is 266 g/mol. The molecule has 0 aliphatic heterocycles. The van der Waals surface area contributed by atoms with Crippen LogP contribution >= 0.6 is 11.6 Å². The second kappa shape index (κ2) is 5.54. The minimum absolute atomic E-state index is 0.0193. The van der Waals surface area contributed by atoms with Gasteiger partial charge in [-0.1, -0.05) is 35.9 Å². The lowest BCUT2D eigenvalue weighted by molar-refractivity contribution is -0.254. The van der Waals surface area contributed by atoms with Crippen LogP contribution in [-0.2, 0) is 0 Å². The lowest BCUT2D eigenvalue weighted by Crippen LogP contribution is -2.25. The van der Waals surface area contributed by atoms with Gasteiger partial charge >= 0.3 is 0 Å². The number of halogens is 1. The maximum Gasteiger partial charge on any atom is 0.255 e. The Morgan fingerprint density at radius 2 is 1.68 bits per heavy atom. The van der Waals surface area contributed by atoms with Crippen LogP contribution in [0, 0.1) is 0 Å². The Hall–Kier alpha value is -2.33. The molecule has 2 rings (SSSR count). The Morgan fingerprint density at radius 3 is 2.32 bits per heavy atom. The van der Waals surface area contributed by atoms with E-state index in [2.05, 4.69) is 5.32 Å². The summed E-state index contributed by atoms with van der Waals surface area (Å²) in [5.74, 6) is -1.85. The van der Waals surface area contributed by atoms with Crippen molar-refractivity contribution in [1.29, 1.82) is 0 Å². The van der Waals surface area contributed by atoms with Gasteiger partial charge in [0, 0.05) is 11.1 Å². The topological polar surface area (TPSA) is 69.2 Å². The number of carbonyl (C=O) groups excluding carboxylic acids is 2. The van der Waals surface area contributed by atoms with E-state index in [4.69, 9.17) is 11.6 Å². The molecule has 0 radical (unpaired) electrons. The highest BCUT2D eigenvalue weighted by Gasteiger charge is 2.11. The summed E-state index contributed by atoms with van der Waals surface area (Å²) in [4.78, 5) is 22.9. The van der Waals surface area contributed by atoms with E-state index in [-0.39, 0.29) is 16.3 Å². The van der Waals surface area contributed by atoms with E-state index < -0.39 is 11.9 Å². The van der Waals surface area contributed by atoms with Crippen molar-refractivity contribution in [1.82, 2.24) is 0 Å². The van der Waals surface area contributed by atoms with Crippen LogP contribution in [0.3, 0.4) is 0 Å². The quantitative estimate of drug-likeness (QED) is 0.930. The number of rotatable bonds is 3. The fraction of sp³-hybridized carbons (Fsp3) is 0. The highest BCUT2D eigenvalue weighted by Crippen LogP contribution is 2.24. The van der Waals surface area contributed by atoms with E-state index in [0.717, 1.165) is 0 Å². The van der Waals surface area contributed by atoms with Gasteiger partial charge in [0.1, 0.15) is 0 Å². The van der Waals surface area contributed by atoms with E-state index in [1.165, 1.54) is 12.1 Å². The van der Waals surface area contributed by atoms with Gasteiger partial charge in [-0.2, -0.15) is 0 Å². The minimum atomic E-state index is -1.44. The highest BCUT2D eigenvalue weighted by atomic mass is 35.5. The van der Waals surface area contributed by atoms with Crippen molar-refractivity contribution >= 4 is 29.2 Å². The average Bonchev–Trinajstić information content (AvgIpc) is 2.39. The predicted molar refractivity (Wildman–Crippen MR) is 70.2 cm³/mol. The van der Waals surface area contributed by atoms with Gasteiger partial charge in [0.25, 0.3) is 5.91 Å². The molecule has 0 saturated heterocycles. The molecule has 0 unspecified atom stereocenters. The van der Waals surface area contributed by atoms with Crippen molar-refractivity contribution in [3.63, 3.8) is 0 Å². The first-order chi connectivity index (χ1) is 9.09. The molecule has 2 aromatic carbocycles. The molecule has 0 saturated carbocycles. The van der Waals surface area contributed by atoms with Gasteiger partial charge < -0.3 is 15.2 Å². The molecule has 5 heteroatoms. The molecule has 1 N–H and O–H groups in total. The number of benzene rings is 2. The zero-order valence-corrected chi connectivity index (χ0v) is 10.5. The molecule has 4 nitrogen and oxygen atoms in total. The standard InChI is InChI=1S/C14H10ClNO3/c15-10-7-4-8-11(12(10)14(18)19)16-13(17)9-5-2-1-3-6-9/h1-8H,(H,16,17)(H,18,19)/p-1. The summed E-state index contributed by atoms with van der Waals surface area (Å²) in [6.07, 6.45) is 0. The van der Waals surface area contributed by atoms with E-state index in [9.17, 15) is 14.7 Å². The summed E-state index contributed by atoms with van der Waals surface area (Å²) in [7, 11) is 0. The molecule has 19 heavy (non-hydrogen) atoms. The van der Waals surface area contributed by atoms with E-state index in [1.54, 1.807) is 36.4 Å². The summed E-state index contributed by atoms with van der Waals surface area (Å²) < 4.78 is 0. The third-order valence-corrected chi connectivity index (χ3v) is 2.82. The summed E-state index contributed by atoms with van der Waals surface area (Å²) in [6, 6.07) is 12.9. The van der Waals surface area contributed by atoms with Crippen molar-refractivity contribution in [2.75, 3.05) is 5.32 Å². The molecule has 0 aliphatic carbocycles. The number of anilines is 1. The molecule has 0 heterocycles. The van der Waals surface area contributed by atoms with Crippen LogP contribution in [0.15, 0.2) is 48.5 Å². The highest BCUT2D eigenvalue weighted by molar-refractivity contribution is 6.34. The fourth-order valence-electron chi connectivity index (χ4n) is 1.62. The monoisotopic (exact) mass is 274 g/mol. The third kappa shape index (κ3) is 2.92.